The molecule has 2 amide bonds. The van der Waals surface area contributed by atoms with Gasteiger partial charge in [-0.15, -0.1) is 0 Å². The minimum absolute atomic E-state index is 0.193. The summed E-state index contributed by atoms with van der Waals surface area (Å²) in [7, 11) is 0. The molecule has 0 aliphatic carbocycles. The van der Waals surface area contributed by atoms with Crippen molar-refractivity contribution < 1.29 is 24.0 Å². The number of hydroxylamine groups is 2. The van der Waals surface area contributed by atoms with E-state index in [0.717, 1.165) is 0 Å². The van der Waals surface area contributed by atoms with Gasteiger partial charge in [-0.25, -0.2) is 4.79 Å². The molecule has 0 saturated heterocycles. The smallest absolute Gasteiger partial charge is 0.373 e. The van der Waals surface area contributed by atoms with Crippen LogP contribution in [0, 0.1) is 0 Å². The molecule has 3 rings (SSSR count). The number of imide groups is 1. The lowest BCUT2D eigenvalue weighted by molar-refractivity contribution is -0.176. The third-order valence-corrected chi connectivity index (χ3v) is 3.61. The van der Waals surface area contributed by atoms with Crippen molar-refractivity contribution in [2.24, 2.45) is 0 Å². The molecule has 7 heteroatoms. The molecule has 0 saturated carbocycles. The first-order chi connectivity index (χ1) is 11.5. The van der Waals surface area contributed by atoms with Crippen LogP contribution in [0.25, 0.3) is 0 Å². The van der Waals surface area contributed by atoms with Crippen molar-refractivity contribution in [1.29, 1.82) is 0 Å². The van der Waals surface area contributed by atoms with Crippen LogP contribution >= 0.6 is 11.6 Å². The van der Waals surface area contributed by atoms with Crippen LogP contribution in [-0.2, 0) is 9.63 Å². The van der Waals surface area contributed by atoms with E-state index in [1.165, 1.54) is 25.1 Å². The summed E-state index contributed by atoms with van der Waals surface area (Å²) in [5, 5.41) is 0.901. The Morgan fingerprint density at radius 3 is 2.25 bits per heavy atom. The lowest BCUT2D eigenvalue weighted by atomic mass is 10.1. The SMILES string of the molecule is CC(Oc1cccc(Cl)c1)C(=O)ON1C(=O)c2ccccc2C1=O. The van der Waals surface area contributed by atoms with Crippen molar-refractivity contribution in [1.82, 2.24) is 5.06 Å². The number of rotatable bonds is 4. The lowest BCUT2D eigenvalue weighted by Crippen LogP contribution is -2.37. The number of carbonyl (C=O) groups excluding carboxylic acids is 3. The Morgan fingerprint density at radius 2 is 1.67 bits per heavy atom. The third kappa shape index (κ3) is 2.96. The highest BCUT2D eigenvalue weighted by atomic mass is 35.5. The fourth-order valence-corrected chi connectivity index (χ4v) is 2.39. The second kappa shape index (κ2) is 6.33. The molecule has 24 heavy (non-hydrogen) atoms. The first-order valence-corrected chi connectivity index (χ1v) is 7.47. The number of benzene rings is 2. The van der Waals surface area contributed by atoms with E-state index in [-0.39, 0.29) is 11.1 Å². The zero-order chi connectivity index (χ0) is 17.3. The third-order valence-electron chi connectivity index (χ3n) is 3.38. The molecule has 1 aliphatic rings. The molecule has 0 radical (unpaired) electrons. The van der Waals surface area contributed by atoms with Crippen LogP contribution in [0.1, 0.15) is 27.6 Å². The molecule has 0 aromatic heterocycles. The Hall–Kier alpha value is -2.86. The molecular formula is C17H12ClNO5. The van der Waals surface area contributed by atoms with Crippen molar-refractivity contribution in [2.75, 3.05) is 0 Å². The topological polar surface area (TPSA) is 72.9 Å². The molecule has 0 N–H and O–H groups in total. The number of fused-ring (bicyclic) bond motifs is 1. The average Bonchev–Trinajstić information content (AvgIpc) is 2.80. The van der Waals surface area contributed by atoms with Crippen LogP contribution in [-0.4, -0.2) is 29.0 Å². The van der Waals surface area contributed by atoms with E-state index in [1.54, 1.807) is 30.3 Å². The van der Waals surface area contributed by atoms with Crippen molar-refractivity contribution in [2.45, 2.75) is 13.0 Å². The van der Waals surface area contributed by atoms with E-state index in [1.807, 2.05) is 0 Å². The van der Waals surface area contributed by atoms with Crippen LogP contribution in [0.3, 0.4) is 0 Å². The molecule has 0 spiro atoms. The molecule has 1 unspecified atom stereocenters. The van der Waals surface area contributed by atoms with Crippen LogP contribution in [0.5, 0.6) is 5.75 Å². The number of hydrogen-bond acceptors (Lipinski definition) is 5. The average molecular weight is 346 g/mol. The minimum Gasteiger partial charge on any atom is -0.479 e. The summed E-state index contributed by atoms with van der Waals surface area (Å²) in [5.74, 6) is -1.86. The minimum atomic E-state index is -1.03. The van der Waals surface area contributed by atoms with Gasteiger partial charge in [-0.1, -0.05) is 34.9 Å². The Kier molecular flexibility index (Phi) is 4.22. The van der Waals surface area contributed by atoms with E-state index in [0.29, 0.717) is 15.8 Å². The predicted octanol–water partition coefficient (Wildman–Crippen LogP) is 2.86. The van der Waals surface area contributed by atoms with Crippen LogP contribution < -0.4 is 4.74 Å². The van der Waals surface area contributed by atoms with E-state index in [4.69, 9.17) is 21.2 Å². The van der Waals surface area contributed by atoms with Gasteiger partial charge >= 0.3 is 5.97 Å². The van der Waals surface area contributed by atoms with Gasteiger partial charge in [0.25, 0.3) is 11.8 Å². The fraction of sp³-hybridized carbons (Fsp3) is 0.118. The van der Waals surface area contributed by atoms with Gasteiger partial charge in [0.15, 0.2) is 6.10 Å². The van der Waals surface area contributed by atoms with E-state index in [2.05, 4.69) is 0 Å². The summed E-state index contributed by atoms with van der Waals surface area (Å²) in [6.07, 6.45) is -1.03. The van der Waals surface area contributed by atoms with E-state index < -0.39 is 23.9 Å². The molecule has 1 aliphatic heterocycles. The van der Waals surface area contributed by atoms with Gasteiger partial charge in [0.2, 0.25) is 0 Å². The Balaban J connectivity index is 1.69. The highest BCUT2D eigenvalue weighted by molar-refractivity contribution is 6.30. The molecule has 2 aromatic rings. The Morgan fingerprint density at radius 1 is 1.04 bits per heavy atom. The second-order valence-corrected chi connectivity index (χ2v) is 5.51. The van der Waals surface area contributed by atoms with Gasteiger partial charge in [-0.3, -0.25) is 9.59 Å². The van der Waals surface area contributed by atoms with Crippen LogP contribution in [0.15, 0.2) is 48.5 Å². The maximum atomic E-state index is 12.1. The highest BCUT2D eigenvalue weighted by Gasteiger charge is 2.39. The largest absolute Gasteiger partial charge is 0.479 e. The van der Waals surface area contributed by atoms with E-state index >= 15 is 0 Å². The van der Waals surface area contributed by atoms with Gasteiger partial charge in [-0.2, -0.15) is 0 Å². The van der Waals surface area contributed by atoms with Crippen molar-refractivity contribution in [3.63, 3.8) is 0 Å². The van der Waals surface area contributed by atoms with E-state index in [9.17, 15) is 14.4 Å². The maximum absolute atomic E-state index is 12.1. The maximum Gasteiger partial charge on any atom is 0.373 e. The first kappa shape index (κ1) is 16.0. The van der Waals surface area contributed by atoms with Crippen LogP contribution in [0.2, 0.25) is 5.02 Å². The summed E-state index contributed by atoms with van der Waals surface area (Å²) in [5.41, 5.74) is 0.387. The molecule has 2 aromatic carbocycles. The van der Waals surface area contributed by atoms with Crippen molar-refractivity contribution in [3.05, 3.63) is 64.7 Å². The van der Waals surface area contributed by atoms with Gasteiger partial charge in [0.05, 0.1) is 11.1 Å². The molecule has 0 bridgehead atoms. The normalized spacial score (nSPS) is 14.3. The molecule has 122 valence electrons. The first-order valence-electron chi connectivity index (χ1n) is 7.09. The number of nitrogens with zero attached hydrogens (tertiary/aromatic N) is 1. The number of hydrogen-bond donors (Lipinski definition) is 0. The second-order valence-electron chi connectivity index (χ2n) is 5.08. The molecule has 6 nitrogen and oxygen atoms in total. The van der Waals surface area contributed by atoms with Gasteiger partial charge < -0.3 is 9.57 Å². The summed E-state index contributed by atoms with van der Waals surface area (Å²) in [6, 6.07) is 12.7. The number of halogens is 1. The van der Waals surface area contributed by atoms with Gasteiger partial charge in [0, 0.05) is 5.02 Å². The monoisotopic (exact) mass is 345 g/mol. The Bertz CT molecular complexity index is 800. The molecule has 0 fully saturated rings. The zero-order valence-electron chi connectivity index (χ0n) is 12.6. The summed E-state index contributed by atoms with van der Waals surface area (Å²) in [6.45, 7) is 1.45. The zero-order valence-corrected chi connectivity index (χ0v) is 13.3. The molecular weight excluding hydrogens is 334 g/mol. The fourth-order valence-electron chi connectivity index (χ4n) is 2.21. The number of carbonyl (C=O) groups is 3. The van der Waals surface area contributed by atoms with Gasteiger partial charge in [-0.05, 0) is 37.3 Å². The summed E-state index contributed by atoms with van der Waals surface area (Å²) in [4.78, 5) is 41.3. The highest BCUT2D eigenvalue weighted by Crippen LogP contribution is 2.23. The molecule has 1 atom stereocenters. The van der Waals surface area contributed by atoms with Crippen molar-refractivity contribution in [3.8, 4) is 5.75 Å². The number of amides is 2. The lowest BCUT2D eigenvalue weighted by Gasteiger charge is -2.17. The van der Waals surface area contributed by atoms with Gasteiger partial charge in [0.1, 0.15) is 5.75 Å². The Labute approximate surface area is 142 Å². The number of ether oxygens (including phenoxy) is 1. The molecule has 1 heterocycles. The summed E-state index contributed by atoms with van der Waals surface area (Å²) < 4.78 is 5.41. The standard InChI is InChI=1S/C17H12ClNO5/c1-10(23-12-6-4-5-11(18)9-12)17(22)24-19-15(20)13-7-2-3-8-14(13)16(19)21/h2-10H,1H3. The predicted molar refractivity (Wildman–Crippen MR) is 84.6 cm³/mol. The summed E-state index contributed by atoms with van der Waals surface area (Å²) >= 11 is 5.84. The van der Waals surface area contributed by atoms with Crippen molar-refractivity contribution >= 4 is 29.4 Å². The van der Waals surface area contributed by atoms with Crippen LogP contribution in [0.4, 0.5) is 0 Å². The quantitative estimate of drug-likeness (QED) is 0.797.